The Bertz CT molecular complexity index is 656. The van der Waals surface area contributed by atoms with Gasteiger partial charge in [-0.1, -0.05) is 18.2 Å². The van der Waals surface area contributed by atoms with E-state index in [1.165, 1.54) is 6.20 Å². The maximum atomic E-state index is 13.1. The number of aromatic nitrogens is 1. The van der Waals surface area contributed by atoms with Crippen molar-refractivity contribution in [3.05, 3.63) is 36.0 Å². The summed E-state index contributed by atoms with van der Waals surface area (Å²) in [7, 11) is 1.72. The lowest BCUT2D eigenvalue weighted by Crippen LogP contribution is -2.42. The number of fused-ring (bicyclic) bond motifs is 3. The third kappa shape index (κ3) is 1.91. The highest BCUT2D eigenvalue weighted by molar-refractivity contribution is 5.93. The minimum Gasteiger partial charge on any atom is -0.348 e. The van der Waals surface area contributed by atoms with Crippen LogP contribution < -0.4 is 4.90 Å². The molecule has 106 valence electrons. The lowest BCUT2D eigenvalue weighted by molar-refractivity contribution is -0.237. The van der Waals surface area contributed by atoms with Gasteiger partial charge in [-0.3, -0.25) is 4.98 Å². The number of hydrogen-bond donors (Lipinski definition) is 0. The molecule has 0 N–H and O–H groups in total. The first-order valence-electron chi connectivity index (χ1n) is 6.22. The summed E-state index contributed by atoms with van der Waals surface area (Å²) in [6.45, 7) is 1.61. The van der Waals surface area contributed by atoms with Gasteiger partial charge in [-0.05, 0) is 13.0 Å². The normalized spacial score (nSPS) is 22.9. The van der Waals surface area contributed by atoms with E-state index in [0.29, 0.717) is 16.6 Å². The summed E-state index contributed by atoms with van der Waals surface area (Å²) in [5, 5.41) is 0.705. The van der Waals surface area contributed by atoms with Gasteiger partial charge < -0.3 is 9.64 Å². The molecule has 2 atom stereocenters. The summed E-state index contributed by atoms with van der Waals surface area (Å²) in [5.41, 5.74) is 1.28. The number of ether oxygens (including phenoxy) is 1. The topological polar surface area (TPSA) is 25.4 Å². The molecule has 0 amide bonds. The number of para-hydroxylation sites is 1. The molecule has 0 bridgehead atoms. The first kappa shape index (κ1) is 13.2. The Morgan fingerprint density at radius 2 is 1.95 bits per heavy atom. The predicted octanol–water partition coefficient (Wildman–Crippen LogP) is 3.65. The van der Waals surface area contributed by atoms with Gasteiger partial charge in [-0.2, -0.15) is 13.2 Å². The van der Waals surface area contributed by atoms with Gasteiger partial charge in [-0.25, -0.2) is 0 Å². The number of pyridine rings is 1. The third-order valence-electron chi connectivity index (χ3n) is 3.59. The average molecular weight is 282 g/mol. The number of alkyl halides is 3. The van der Waals surface area contributed by atoms with Crippen LogP contribution in [0.25, 0.3) is 10.9 Å². The van der Waals surface area contributed by atoms with Crippen molar-refractivity contribution < 1.29 is 17.9 Å². The summed E-state index contributed by atoms with van der Waals surface area (Å²) >= 11 is 0. The number of benzene rings is 1. The van der Waals surface area contributed by atoms with Crippen molar-refractivity contribution >= 4 is 16.6 Å². The summed E-state index contributed by atoms with van der Waals surface area (Å²) < 4.78 is 44.5. The fourth-order valence-corrected chi connectivity index (χ4v) is 2.52. The molecule has 1 aromatic carbocycles. The quantitative estimate of drug-likeness (QED) is 0.737. The van der Waals surface area contributed by atoms with E-state index in [-0.39, 0.29) is 5.56 Å². The van der Waals surface area contributed by atoms with Crippen LogP contribution in [0.15, 0.2) is 30.5 Å². The van der Waals surface area contributed by atoms with Gasteiger partial charge in [0.05, 0.1) is 11.2 Å². The van der Waals surface area contributed by atoms with Crippen LogP contribution >= 0.6 is 0 Å². The van der Waals surface area contributed by atoms with E-state index in [9.17, 15) is 13.2 Å². The van der Waals surface area contributed by atoms with E-state index in [2.05, 4.69) is 4.98 Å². The summed E-state index contributed by atoms with van der Waals surface area (Å²) in [4.78, 5) is 5.82. The van der Waals surface area contributed by atoms with Crippen molar-refractivity contribution in [2.75, 3.05) is 11.9 Å². The van der Waals surface area contributed by atoms with E-state index in [1.807, 2.05) is 6.07 Å². The molecular weight excluding hydrogens is 269 g/mol. The number of rotatable bonds is 0. The van der Waals surface area contributed by atoms with Crippen LogP contribution in [0.5, 0.6) is 0 Å². The second-order valence-corrected chi connectivity index (χ2v) is 4.85. The molecule has 3 nitrogen and oxygen atoms in total. The first-order chi connectivity index (χ1) is 9.39. The van der Waals surface area contributed by atoms with E-state index in [4.69, 9.17) is 4.74 Å². The van der Waals surface area contributed by atoms with Crippen molar-refractivity contribution in [1.82, 2.24) is 4.98 Å². The molecule has 0 aliphatic carbocycles. The van der Waals surface area contributed by atoms with Crippen LogP contribution in [0.2, 0.25) is 0 Å². The van der Waals surface area contributed by atoms with Gasteiger partial charge in [0.15, 0.2) is 6.10 Å². The molecule has 0 radical (unpaired) electrons. The van der Waals surface area contributed by atoms with Gasteiger partial charge in [0.1, 0.15) is 6.23 Å². The van der Waals surface area contributed by atoms with Crippen LogP contribution in [-0.4, -0.2) is 24.4 Å². The Morgan fingerprint density at radius 3 is 2.65 bits per heavy atom. The van der Waals surface area contributed by atoms with Crippen LogP contribution in [0.1, 0.15) is 18.6 Å². The highest BCUT2D eigenvalue weighted by Gasteiger charge is 2.47. The molecule has 2 aromatic rings. The molecule has 0 fully saturated rings. The zero-order chi connectivity index (χ0) is 14.5. The Morgan fingerprint density at radius 1 is 1.25 bits per heavy atom. The standard InChI is InChI=1S/C14H13F3N2O/c1-8-19(2)12-9-5-3-4-6-11(9)18-7-10(12)13(20-8)14(15,16)17/h3-8,13H,1-2H3. The van der Waals surface area contributed by atoms with Crippen molar-refractivity contribution in [2.24, 2.45) is 0 Å². The lowest BCUT2D eigenvalue weighted by atomic mass is 10.0. The van der Waals surface area contributed by atoms with Gasteiger partial charge in [0, 0.05) is 24.2 Å². The first-order valence-corrected chi connectivity index (χ1v) is 6.22. The Kier molecular flexibility index (Phi) is 2.86. The molecular formula is C14H13F3N2O. The minimum atomic E-state index is -4.45. The maximum absolute atomic E-state index is 13.1. The van der Waals surface area contributed by atoms with Crippen molar-refractivity contribution in [3.63, 3.8) is 0 Å². The van der Waals surface area contributed by atoms with Crippen molar-refractivity contribution in [2.45, 2.75) is 25.4 Å². The van der Waals surface area contributed by atoms with Crippen LogP contribution in [-0.2, 0) is 4.74 Å². The van der Waals surface area contributed by atoms with Crippen molar-refractivity contribution in [1.29, 1.82) is 0 Å². The maximum Gasteiger partial charge on any atom is 0.419 e. The average Bonchev–Trinajstić information content (AvgIpc) is 2.40. The zero-order valence-corrected chi connectivity index (χ0v) is 11.0. The third-order valence-corrected chi connectivity index (χ3v) is 3.59. The molecule has 2 heterocycles. The number of nitrogens with zero attached hydrogens (tertiary/aromatic N) is 2. The largest absolute Gasteiger partial charge is 0.419 e. The van der Waals surface area contributed by atoms with Crippen molar-refractivity contribution in [3.8, 4) is 0 Å². The molecule has 1 aliphatic heterocycles. The summed E-state index contributed by atoms with van der Waals surface area (Å²) in [6, 6.07) is 7.17. The van der Waals surface area contributed by atoms with E-state index < -0.39 is 18.5 Å². The number of hydrogen-bond acceptors (Lipinski definition) is 3. The van der Waals surface area contributed by atoms with Gasteiger partial charge in [0.2, 0.25) is 0 Å². The van der Waals surface area contributed by atoms with Gasteiger partial charge in [0.25, 0.3) is 0 Å². The lowest BCUT2D eigenvalue weighted by Gasteiger charge is -2.39. The van der Waals surface area contributed by atoms with Crippen LogP contribution in [0, 0.1) is 0 Å². The van der Waals surface area contributed by atoms with Crippen LogP contribution in [0.3, 0.4) is 0 Å². The number of halogens is 3. The zero-order valence-electron chi connectivity index (χ0n) is 11.0. The molecule has 0 saturated carbocycles. The van der Waals surface area contributed by atoms with E-state index in [0.717, 1.165) is 0 Å². The fourth-order valence-electron chi connectivity index (χ4n) is 2.52. The second kappa shape index (κ2) is 4.34. The molecule has 6 heteroatoms. The number of anilines is 1. The van der Waals surface area contributed by atoms with E-state index >= 15 is 0 Å². The Hall–Kier alpha value is -1.82. The fraction of sp³-hybridized carbons (Fsp3) is 0.357. The highest BCUT2D eigenvalue weighted by Crippen LogP contribution is 2.46. The molecule has 2 unspecified atom stereocenters. The smallest absolute Gasteiger partial charge is 0.348 e. The minimum absolute atomic E-state index is 0.0665. The Balaban J connectivity index is 2.29. The monoisotopic (exact) mass is 282 g/mol. The summed E-state index contributed by atoms with van der Waals surface area (Å²) in [5.74, 6) is 0. The predicted molar refractivity (Wildman–Crippen MR) is 69.5 cm³/mol. The molecule has 1 aromatic heterocycles. The highest BCUT2D eigenvalue weighted by atomic mass is 19.4. The SMILES string of the molecule is CC1OC(C(F)(F)F)c2cnc3ccccc3c2N1C. The van der Waals surface area contributed by atoms with Gasteiger partial charge >= 0.3 is 6.18 Å². The molecule has 3 rings (SSSR count). The van der Waals surface area contributed by atoms with Crippen LogP contribution in [0.4, 0.5) is 18.9 Å². The molecule has 20 heavy (non-hydrogen) atoms. The Labute approximate surface area is 114 Å². The van der Waals surface area contributed by atoms with E-state index in [1.54, 1.807) is 37.1 Å². The summed E-state index contributed by atoms with van der Waals surface area (Å²) in [6.07, 6.45) is -5.77. The van der Waals surface area contributed by atoms with Gasteiger partial charge in [-0.15, -0.1) is 0 Å². The second-order valence-electron chi connectivity index (χ2n) is 4.85. The molecule has 1 aliphatic rings. The molecule has 0 spiro atoms. The molecule has 0 saturated heterocycles.